The Bertz CT molecular complexity index is 602. The monoisotopic (exact) mass is 299 g/mol. The third-order valence-corrected chi connectivity index (χ3v) is 3.52. The van der Waals surface area contributed by atoms with Crippen LogP contribution >= 0.6 is 22.9 Å². The maximum absolute atomic E-state index is 13.0. The number of thiazole rings is 1. The van der Waals surface area contributed by atoms with Gasteiger partial charge in [-0.3, -0.25) is 4.79 Å². The van der Waals surface area contributed by atoms with E-state index in [2.05, 4.69) is 10.3 Å². The summed E-state index contributed by atoms with van der Waals surface area (Å²) in [6.45, 7) is 0.488. The van der Waals surface area contributed by atoms with Crippen LogP contribution in [-0.2, 0) is 6.42 Å². The predicted molar refractivity (Wildman–Crippen MR) is 74.2 cm³/mol. The summed E-state index contributed by atoms with van der Waals surface area (Å²) in [6.07, 6.45) is 0.639. The number of halogens is 2. The summed E-state index contributed by atoms with van der Waals surface area (Å²) in [6, 6.07) is 3.98. The highest BCUT2D eigenvalue weighted by atomic mass is 35.5. The first kappa shape index (κ1) is 13.9. The SMILES string of the molecule is NCCc1nc(C(=O)Nc2ccc(F)c(Cl)c2)cs1. The van der Waals surface area contributed by atoms with Crippen molar-refractivity contribution in [2.45, 2.75) is 6.42 Å². The summed E-state index contributed by atoms with van der Waals surface area (Å²) in [4.78, 5) is 16.0. The van der Waals surface area contributed by atoms with E-state index in [1.54, 1.807) is 5.38 Å². The van der Waals surface area contributed by atoms with Gasteiger partial charge >= 0.3 is 0 Å². The second-order valence-electron chi connectivity index (χ2n) is 3.75. The molecule has 0 bridgehead atoms. The quantitative estimate of drug-likeness (QED) is 0.912. The number of benzene rings is 1. The van der Waals surface area contributed by atoms with Crippen molar-refractivity contribution in [3.63, 3.8) is 0 Å². The van der Waals surface area contributed by atoms with Gasteiger partial charge in [-0.05, 0) is 24.7 Å². The fraction of sp³-hybridized carbons (Fsp3) is 0.167. The van der Waals surface area contributed by atoms with Crippen LogP contribution in [-0.4, -0.2) is 17.4 Å². The summed E-state index contributed by atoms with van der Waals surface area (Å²) >= 11 is 7.02. The molecule has 0 unspecified atom stereocenters. The lowest BCUT2D eigenvalue weighted by molar-refractivity contribution is 0.102. The van der Waals surface area contributed by atoms with Crippen molar-refractivity contribution in [3.05, 3.63) is 45.1 Å². The van der Waals surface area contributed by atoms with Crippen LogP contribution in [0.25, 0.3) is 0 Å². The van der Waals surface area contributed by atoms with E-state index < -0.39 is 5.82 Å². The highest BCUT2D eigenvalue weighted by Crippen LogP contribution is 2.20. The topological polar surface area (TPSA) is 68.0 Å². The molecule has 0 aliphatic heterocycles. The van der Waals surface area contributed by atoms with Crippen molar-refractivity contribution >= 4 is 34.5 Å². The molecule has 7 heteroatoms. The van der Waals surface area contributed by atoms with E-state index in [4.69, 9.17) is 17.3 Å². The summed E-state index contributed by atoms with van der Waals surface area (Å²) < 4.78 is 13.0. The first-order valence-electron chi connectivity index (χ1n) is 5.51. The molecule has 4 nitrogen and oxygen atoms in total. The van der Waals surface area contributed by atoms with E-state index in [9.17, 15) is 9.18 Å². The van der Waals surface area contributed by atoms with Gasteiger partial charge in [-0.2, -0.15) is 0 Å². The molecule has 0 aliphatic carbocycles. The number of amides is 1. The van der Waals surface area contributed by atoms with Crippen LogP contribution in [0.2, 0.25) is 5.02 Å². The van der Waals surface area contributed by atoms with Gasteiger partial charge in [0.25, 0.3) is 5.91 Å². The molecule has 0 saturated carbocycles. The zero-order chi connectivity index (χ0) is 13.8. The van der Waals surface area contributed by atoms with Crippen LogP contribution < -0.4 is 11.1 Å². The van der Waals surface area contributed by atoms with Gasteiger partial charge in [0.2, 0.25) is 0 Å². The molecule has 1 aromatic heterocycles. The molecule has 1 aromatic carbocycles. The number of carbonyl (C=O) groups is 1. The summed E-state index contributed by atoms with van der Waals surface area (Å²) in [7, 11) is 0. The zero-order valence-electron chi connectivity index (χ0n) is 9.82. The second-order valence-corrected chi connectivity index (χ2v) is 5.10. The Labute approximate surface area is 118 Å². The molecular weight excluding hydrogens is 289 g/mol. The van der Waals surface area contributed by atoms with E-state index in [-0.39, 0.29) is 10.9 Å². The van der Waals surface area contributed by atoms with Gasteiger partial charge in [0.1, 0.15) is 11.5 Å². The molecule has 19 heavy (non-hydrogen) atoms. The number of nitrogens with two attached hydrogens (primary N) is 1. The normalized spacial score (nSPS) is 10.5. The molecule has 0 spiro atoms. The molecule has 0 saturated heterocycles. The van der Waals surface area contributed by atoms with Crippen molar-refractivity contribution in [1.82, 2.24) is 4.98 Å². The Kier molecular flexibility index (Phi) is 4.47. The molecule has 100 valence electrons. The van der Waals surface area contributed by atoms with Crippen LogP contribution in [0.1, 0.15) is 15.5 Å². The largest absolute Gasteiger partial charge is 0.330 e. The number of hydrogen-bond acceptors (Lipinski definition) is 4. The van der Waals surface area contributed by atoms with Gasteiger partial charge in [-0.1, -0.05) is 11.6 Å². The third kappa shape index (κ3) is 3.50. The van der Waals surface area contributed by atoms with E-state index >= 15 is 0 Å². The highest BCUT2D eigenvalue weighted by molar-refractivity contribution is 7.09. The molecule has 0 atom stereocenters. The Balaban J connectivity index is 2.09. The van der Waals surface area contributed by atoms with Gasteiger partial charge in [0.05, 0.1) is 10.0 Å². The maximum Gasteiger partial charge on any atom is 0.275 e. The fourth-order valence-corrected chi connectivity index (χ4v) is 2.40. The molecule has 2 aromatic rings. The van der Waals surface area contributed by atoms with E-state index in [1.807, 2.05) is 0 Å². The van der Waals surface area contributed by atoms with Gasteiger partial charge in [-0.25, -0.2) is 9.37 Å². The highest BCUT2D eigenvalue weighted by Gasteiger charge is 2.11. The fourth-order valence-electron chi connectivity index (χ4n) is 1.42. The van der Waals surface area contributed by atoms with Gasteiger partial charge in [0.15, 0.2) is 0 Å². The molecule has 0 radical (unpaired) electrons. The van der Waals surface area contributed by atoms with Crippen molar-refractivity contribution in [1.29, 1.82) is 0 Å². The standard InChI is InChI=1S/C12H11ClFN3OS/c13-8-5-7(1-2-9(8)14)16-12(18)10-6-19-11(17-10)3-4-15/h1-2,5-6H,3-4,15H2,(H,16,18). The Morgan fingerprint density at radius 1 is 1.53 bits per heavy atom. The first-order chi connectivity index (χ1) is 9.10. The van der Waals surface area contributed by atoms with Crippen LogP contribution in [0, 0.1) is 5.82 Å². The van der Waals surface area contributed by atoms with Crippen LogP contribution in [0.3, 0.4) is 0 Å². The minimum absolute atomic E-state index is 0.0418. The number of hydrogen-bond donors (Lipinski definition) is 2. The number of aromatic nitrogens is 1. The average Bonchev–Trinajstić information content (AvgIpc) is 2.83. The zero-order valence-corrected chi connectivity index (χ0v) is 11.4. The van der Waals surface area contributed by atoms with Crippen molar-refractivity contribution in [2.24, 2.45) is 5.73 Å². The van der Waals surface area contributed by atoms with Crippen molar-refractivity contribution < 1.29 is 9.18 Å². The summed E-state index contributed by atoms with van der Waals surface area (Å²) in [5.41, 5.74) is 6.15. The van der Waals surface area contributed by atoms with E-state index in [0.717, 1.165) is 5.01 Å². The van der Waals surface area contributed by atoms with Crippen LogP contribution in [0.4, 0.5) is 10.1 Å². The first-order valence-corrected chi connectivity index (χ1v) is 6.77. The molecule has 0 aliphatic rings. The van der Waals surface area contributed by atoms with Crippen molar-refractivity contribution in [2.75, 3.05) is 11.9 Å². The third-order valence-electron chi connectivity index (χ3n) is 2.32. The number of nitrogens with one attached hydrogen (secondary N) is 1. The minimum Gasteiger partial charge on any atom is -0.330 e. The van der Waals surface area contributed by atoms with E-state index in [1.165, 1.54) is 29.5 Å². The average molecular weight is 300 g/mol. The Hall–Kier alpha value is -1.50. The molecule has 1 heterocycles. The number of rotatable bonds is 4. The predicted octanol–water partition coefficient (Wildman–Crippen LogP) is 2.69. The Morgan fingerprint density at radius 3 is 3.00 bits per heavy atom. The van der Waals surface area contributed by atoms with Gasteiger partial charge in [0, 0.05) is 17.5 Å². The van der Waals surface area contributed by atoms with Gasteiger partial charge < -0.3 is 11.1 Å². The lowest BCUT2D eigenvalue weighted by Crippen LogP contribution is -2.12. The molecule has 1 amide bonds. The van der Waals surface area contributed by atoms with E-state index in [0.29, 0.717) is 24.3 Å². The molecule has 3 N–H and O–H groups in total. The van der Waals surface area contributed by atoms with Crippen molar-refractivity contribution in [3.8, 4) is 0 Å². The lowest BCUT2D eigenvalue weighted by atomic mass is 10.3. The molecule has 2 rings (SSSR count). The molecular formula is C12H11ClFN3OS. The Morgan fingerprint density at radius 2 is 2.32 bits per heavy atom. The minimum atomic E-state index is -0.529. The van der Waals surface area contributed by atoms with Gasteiger partial charge in [-0.15, -0.1) is 11.3 Å². The smallest absolute Gasteiger partial charge is 0.275 e. The number of carbonyl (C=O) groups excluding carboxylic acids is 1. The maximum atomic E-state index is 13.0. The summed E-state index contributed by atoms with van der Waals surface area (Å²) in [5.74, 6) is -0.888. The second kappa shape index (κ2) is 6.10. The van der Waals surface area contributed by atoms with Crippen LogP contribution in [0.5, 0.6) is 0 Å². The lowest BCUT2D eigenvalue weighted by Gasteiger charge is -2.03. The summed E-state index contributed by atoms with van der Waals surface area (Å²) in [5, 5.41) is 5.03. The molecule has 0 fully saturated rings. The number of nitrogens with zero attached hydrogens (tertiary/aromatic N) is 1. The number of anilines is 1. The van der Waals surface area contributed by atoms with Crippen LogP contribution in [0.15, 0.2) is 23.6 Å².